The molecule has 2 aromatic carbocycles. The number of anilines is 1. The number of nitrogens with zero attached hydrogens (tertiary/aromatic N) is 1. The molecule has 1 aromatic heterocycles. The first kappa shape index (κ1) is 16.3. The van der Waals surface area contributed by atoms with E-state index in [-0.39, 0.29) is 11.4 Å². The number of benzene rings is 2. The first-order valence-electron chi connectivity index (χ1n) is 7.14. The van der Waals surface area contributed by atoms with Gasteiger partial charge in [0.25, 0.3) is 11.5 Å². The topological polar surface area (TPSA) is 84.0 Å². The summed E-state index contributed by atoms with van der Waals surface area (Å²) in [6.07, 6.45) is 0. The van der Waals surface area contributed by atoms with E-state index in [0.29, 0.717) is 5.69 Å². The molecule has 0 atom stereocenters. The highest BCUT2D eigenvalue weighted by atomic mass is 19.2. The molecule has 0 unspecified atom stereocenters. The number of hydrogen-bond acceptors (Lipinski definition) is 3. The summed E-state index contributed by atoms with van der Waals surface area (Å²) in [6, 6.07) is 11.9. The maximum Gasteiger partial charge on any atom is 0.333 e. The van der Waals surface area contributed by atoms with Gasteiger partial charge in [-0.2, -0.15) is 0 Å². The number of para-hydroxylation sites is 1. The number of H-pyrrole nitrogens is 1. The molecule has 1 amide bonds. The minimum Gasteiger partial charge on any atom is -0.321 e. The Morgan fingerprint density at radius 1 is 0.960 bits per heavy atom. The molecule has 25 heavy (non-hydrogen) atoms. The van der Waals surface area contributed by atoms with E-state index in [0.717, 1.165) is 28.8 Å². The Hall–Kier alpha value is -3.55. The summed E-state index contributed by atoms with van der Waals surface area (Å²) in [5, 5.41) is 2.28. The lowest BCUT2D eigenvalue weighted by atomic mass is 10.2. The minimum atomic E-state index is -1.13. The van der Waals surface area contributed by atoms with Crippen LogP contribution in [0.2, 0.25) is 0 Å². The van der Waals surface area contributed by atoms with Gasteiger partial charge < -0.3 is 10.3 Å². The summed E-state index contributed by atoms with van der Waals surface area (Å²) in [4.78, 5) is 38.7. The summed E-state index contributed by atoms with van der Waals surface area (Å²) < 4.78 is 26.9. The van der Waals surface area contributed by atoms with Crippen LogP contribution in [-0.2, 0) is 0 Å². The number of rotatable bonds is 3. The first-order chi connectivity index (χ1) is 12.0. The average molecular weight is 343 g/mol. The van der Waals surface area contributed by atoms with Crippen molar-refractivity contribution < 1.29 is 13.6 Å². The van der Waals surface area contributed by atoms with Gasteiger partial charge in [0.05, 0.1) is 5.69 Å². The summed E-state index contributed by atoms with van der Waals surface area (Å²) >= 11 is 0. The Morgan fingerprint density at radius 2 is 1.68 bits per heavy atom. The van der Waals surface area contributed by atoms with E-state index in [1.807, 2.05) is 0 Å². The molecule has 8 heteroatoms. The summed E-state index contributed by atoms with van der Waals surface area (Å²) in [7, 11) is 0. The lowest BCUT2D eigenvalue weighted by molar-refractivity contribution is 0.102. The number of carbonyl (C=O) groups excluding carboxylic acids is 1. The molecule has 6 nitrogen and oxygen atoms in total. The minimum absolute atomic E-state index is 0.0167. The van der Waals surface area contributed by atoms with Crippen molar-refractivity contribution in [2.45, 2.75) is 0 Å². The molecule has 0 bridgehead atoms. The predicted octanol–water partition coefficient (Wildman–Crippen LogP) is 2.06. The van der Waals surface area contributed by atoms with E-state index in [1.165, 1.54) is 0 Å². The molecular formula is C17H11F2N3O3. The molecule has 0 aliphatic rings. The van der Waals surface area contributed by atoms with Crippen LogP contribution in [0.5, 0.6) is 0 Å². The number of hydrogen-bond donors (Lipinski definition) is 2. The lowest BCUT2D eigenvalue weighted by Crippen LogP contribution is -2.35. The fourth-order valence-corrected chi connectivity index (χ4v) is 2.21. The molecule has 0 aliphatic carbocycles. The van der Waals surface area contributed by atoms with Crippen molar-refractivity contribution in [2.75, 3.05) is 5.32 Å². The molecule has 3 aromatic rings. The third-order valence-corrected chi connectivity index (χ3v) is 3.37. The fourth-order valence-electron chi connectivity index (χ4n) is 2.21. The zero-order valence-electron chi connectivity index (χ0n) is 12.6. The van der Waals surface area contributed by atoms with Crippen molar-refractivity contribution >= 4 is 11.6 Å². The monoisotopic (exact) mass is 343 g/mol. The van der Waals surface area contributed by atoms with E-state index in [1.54, 1.807) is 30.3 Å². The number of aromatic amines is 1. The maximum absolute atomic E-state index is 13.2. The largest absolute Gasteiger partial charge is 0.333 e. The van der Waals surface area contributed by atoms with Crippen LogP contribution in [0, 0.1) is 11.6 Å². The molecule has 0 spiro atoms. The Bertz CT molecular complexity index is 1030. The van der Waals surface area contributed by atoms with Crippen molar-refractivity contribution in [3.8, 4) is 5.69 Å². The molecule has 1 heterocycles. The van der Waals surface area contributed by atoms with Crippen molar-refractivity contribution in [3.05, 3.63) is 92.8 Å². The Labute approximate surface area is 139 Å². The Morgan fingerprint density at radius 3 is 2.32 bits per heavy atom. The van der Waals surface area contributed by atoms with Gasteiger partial charge in [-0.15, -0.1) is 0 Å². The number of halogens is 2. The van der Waals surface area contributed by atoms with E-state index >= 15 is 0 Å². The van der Waals surface area contributed by atoms with E-state index < -0.39 is 28.8 Å². The molecule has 126 valence electrons. The smallest absolute Gasteiger partial charge is 0.321 e. The van der Waals surface area contributed by atoms with Gasteiger partial charge in [0.2, 0.25) is 0 Å². The highest BCUT2D eigenvalue weighted by molar-refractivity contribution is 6.02. The zero-order valence-corrected chi connectivity index (χ0v) is 12.6. The predicted molar refractivity (Wildman–Crippen MR) is 87.0 cm³/mol. The van der Waals surface area contributed by atoms with Crippen molar-refractivity contribution in [1.29, 1.82) is 0 Å². The van der Waals surface area contributed by atoms with Gasteiger partial charge >= 0.3 is 5.69 Å². The van der Waals surface area contributed by atoms with Gasteiger partial charge in [-0.05, 0) is 24.3 Å². The van der Waals surface area contributed by atoms with Crippen molar-refractivity contribution in [1.82, 2.24) is 9.55 Å². The second-order valence-electron chi connectivity index (χ2n) is 5.08. The molecule has 0 saturated carbocycles. The quantitative estimate of drug-likeness (QED) is 0.763. The molecule has 2 N–H and O–H groups in total. The summed E-state index contributed by atoms with van der Waals surface area (Å²) in [5.74, 6) is -3.02. The second-order valence-corrected chi connectivity index (χ2v) is 5.08. The number of aromatic nitrogens is 2. The van der Waals surface area contributed by atoms with Crippen LogP contribution in [0.15, 0.2) is 64.2 Å². The molecule has 3 rings (SSSR count). The van der Waals surface area contributed by atoms with Crippen molar-refractivity contribution in [3.63, 3.8) is 0 Å². The van der Waals surface area contributed by atoms with Gasteiger partial charge in [0, 0.05) is 17.8 Å². The van der Waals surface area contributed by atoms with Crippen LogP contribution in [0.25, 0.3) is 5.69 Å². The van der Waals surface area contributed by atoms with Gasteiger partial charge in [-0.1, -0.05) is 18.2 Å². The first-order valence-corrected chi connectivity index (χ1v) is 7.14. The Kier molecular flexibility index (Phi) is 4.25. The molecular weight excluding hydrogens is 332 g/mol. The number of amides is 1. The zero-order chi connectivity index (χ0) is 18.0. The fraction of sp³-hybridized carbons (Fsp3) is 0. The summed E-state index contributed by atoms with van der Waals surface area (Å²) in [5.41, 5.74) is -1.47. The lowest BCUT2D eigenvalue weighted by Gasteiger charge is -2.08. The van der Waals surface area contributed by atoms with Gasteiger partial charge in [0.1, 0.15) is 5.69 Å². The second kappa shape index (κ2) is 6.52. The maximum atomic E-state index is 13.2. The van der Waals surface area contributed by atoms with E-state index in [4.69, 9.17) is 0 Å². The molecule has 0 aliphatic heterocycles. The van der Waals surface area contributed by atoms with Crippen molar-refractivity contribution in [2.24, 2.45) is 0 Å². The average Bonchev–Trinajstić information content (AvgIpc) is 2.58. The molecule has 0 saturated heterocycles. The van der Waals surface area contributed by atoms with Crippen LogP contribution < -0.4 is 16.6 Å². The van der Waals surface area contributed by atoms with Gasteiger partial charge in [0.15, 0.2) is 11.6 Å². The third-order valence-electron chi connectivity index (χ3n) is 3.37. The van der Waals surface area contributed by atoms with E-state index in [9.17, 15) is 23.2 Å². The van der Waals surface area contributed by atoms with E-state index in [2.05, 4.69) is 10.3 Å². The number of carbonyl (C=O) groups is 1. The molecule has 0 fully saturated rings. The normalized spacial score (nSPS) is 10.5. The summed E-state index contributed by atoms with van der Waals surface area (Å²) in [6.45, 7) is 0. The highest BCUT2D eigenvalue weighted by Gasteiger charge is 2.13. The highest BCUT2D eigenvalue weighted by Crippen LogP contribution is 2.13. The van der Waals surface area contributed by atoms with Crippen LogP contribution in [0.4, 0.5) is 14.5 Å². The number of nitrogens with one attached hydrogen (secondary N) is 2. The third kappa shape index (κ3) is 3.37. The van der Waals surface area contributed by atoms with Crippen LogP contribution >= 0.6 is 0 Å². The van der Waals surface area contributed by atoms with Crippen LogP contribution in [-0.4, -0.2) is 15.5 Å². The van der Waals surface area contributed by atoms with Gasteiger partial charge in [-0.25, -0.2) is 18.1 Å². The van der Waals surface area contributed by atoms with Crippen LogP contribution in [0.1, 0.15) is 10.5 Å². The molecule has 0 radical (unpaired) electrons. The van der Waals surface area contributed by atoms with Gasteiger partial charge in [-0.3, -0.25) is 9.59 Å². The SMILES string of the molecule is O=C(Nc1ccc(F)c(F)c1)c1cc(=O)n(-c2ccccc2)c(=O)[nH]1. The van der Waals surface area contributed by atoms with Crippen LogP contribution in [0.3, 0.4) is 0 Å². The Balaban J connectivity index is 1.93. The standard InChI is InChI=1S/C17H11F2N3O3/c18-12-7-6-10(8-13(12)19)20-16(24)14-9-15(23)22(17(25)21-14)11-4-2-1-3-5-11/h1-9H,(H,20,24)(H,21,25).